The summed E-state index contributed by atoms with van der Waals surface area (Å²) < 4.78 is 13.7. The van der Waals surface area contributed by atoms with Gasteiger partial charge in [-0.15, -0.1) is 0 Å². The number of hydrogen-bond acceptors (Lipinski definition) is 4. The molecule has 0 radical (unpaired) electrons. The summed E-state index contributed by atoms with van der Waals surface area (Å²) in [5.74, 6) is -0.963. The second-order valence-corrected chi connectivity index (χ2v) is 7.38. The minimum Gasteiger partial charge on any atom is -0.379 e. The second-order valence-electron chi connectivity index (χ2n) is 7.38. The highest BCUT2D eigenvalue weighted by Gasteiger charge is 2.26. The van der Waals surface area contributed by atoms with E-state index in [-0.39, 0.29) is 11.8 Å². The van der Waals surface area contributed by atoms with Crippen LogP contribution in [0.3, 0.4) is 0 Å². The molecule has 0 saturated heterocycles. The van der Waals surface area contributed by atoms with Crippen molar-refractivity contribution >= 4 is 29.2 Å². The molecular formula is C22H27FN4O3. The zero-order chi connectivity index (χ0) is 22.0. The Kier molecular flexibility index (Phi) is 6.38. The summed E-state index contributed by atoms with van der Waals surface area (Å²) in [6.45, 7) is 8.83. The van der Waals surface area contributed by atoms with E-state index in [1.54, 1.807) is 26.8 Å². The van der Waals surface area contributed by atoms with Crippen molar-refractivity contribution in [3.05, 3.63) is 52.1 Å². The van der Waals surface area contributed by atoms with Crippen LogP contribution in [-0.4, -0.2) is 52.7 Å². The normalized spacial score (nSPS) is 15.4. The van der Waals surface area contributed by atoms with Gasteiger partial charge in [0.05, 0.1) is 11.1 Å². The topological polar surface area (TPSA) is 97.5 Å². The summed E-state index contributed by atoms with van der Waals surface area (Å²) in [6.07, 6.45) is 1.07. The maximum atomic E-state index is 13.7. The zero-order valence-corrected chi connectivity index (χ0v) is 17.6. The van der Waals surface area contributed by atoms with Gasteiger partial charge in [-0.2, -0.15) is 0 Å². The van der Waals surface area contributed by atoms with Gasteiger partial charge >= 0.3 is 0 Å². The second kappa shape index (κ2) is 8.81. The lowest BCUT2D eigenvalue weighted by Crippen LogP contribution is -2.39. The summed E-state index contributed by atoms with van der Waals surface area (Å²) in [4.78, 5) is 30.1. The van der Waals surface area contributed by atoms with Crippen LogP contribution in [-0.2, 0) is 4.79 Å². The Morgan fingerprint density at radius 2 is 2.10 bits per heavy atom. The molecular weight excluding hydrogens is 387 g/mol. The molecule has 1 atom stereocenters. The first-order valence-electron chi connectivity index (χ1n) is 9.95. The molecule has 2 heterocycles. The molecule has 0 saturated carbocycles. The quantitative estimate of drug-likeness (QED) is 0.414. The Morgan fingerprint density at radius 1 is 1.37 bits per heavy atom. The largest absolute Gasteiger partial charge is 0.379 e. The van der Waals surface area contributed by atoms with Crippen molar-refractivity contribution in [3.63, 3.8) is 0 Å². The highest BCUT2D eigenvalue weighted by atomic mass is 19.1. The van der Waals surface area contributed by atoms with E-state index in [0.29, 0.717) is 59.0 Å². The minimum atomic E-state index is -0.578. The third-order valence-electron chi connectivity index (χ3n) is 5.38. The summed E-state index contributed by atoms with van der Waals surface area (Å²) in [5.41, 5.74) is 3.92. The van der Waals surface area contributed by atoms with E-state index in [9.17, 15) is 19.1 Å². The maximum absolute atomic E-state index is 13.7. The lowest BCUT2D eigenvalue weighted by atomic mass is 10.0. The van der Waals surface area contributed by atoms with Crippen molar-refractivity contribution in [3.8, 4) is 0 Å². The first-order valence-corrected chi connectivity index (χ1v) is 9.95. The predicted octanol–water partition coefficient (Wildman–Crippen LogP) is 2.65. The molecule has 2 amide bonds. The van der Waals surface area contributed by atoms with Gasteiger partial charge in [0.25, 0.3) is 11.8 Å². The molecule has 2 aromatic rings. The van der Waals surface area contributed by atoms with Crippen LogP contribution in [0.5, 0.6) is 0 Å². The Labute approximate surface area is 175 Å². The fourth-order valence-electron chi connectivity index (χ4n) is 3.72. The van der Waals surface area contributed by atoms with Crippen LogP contribution < -0.4 is 10.6 Å². The standard InChI is InChI=1S/C22H27FN4O3/c1-5-27(14(4)28)9-8-24-22(30)20-12(2)19(25-13(20)3)11-17-16-10-15(23)6-7-18(16)26-21(17)29/h6-7,10-11,14,25,28H,5,8-9H2,1-4H3,(H,24,30)(H,26,29)/b17-11-. The molecule has 1 aliphatic heterocycles. The van der Waals surface area contributed by atoms with E-state index in [4.69, 9.17) is 0 Å². The molecule has 8 heteroatoms. The number of aromatic nitrogens is 1. The van der Waals surface area contributed by atoms with E-state index >= 15 is 0 Å². The van der Waals surface area contributed by atoms with Gasteiger partial charge < -0.3 is 20.7 Å². The number of aliphatic hydroxyl groups is 1. The number of hydrogen-bond donors (Lipinski definition) is 4. The van der Waals surface area contributed by atoms with E-state index in [2.05, 4.69) is 15.6 Å². The van der Waals surface area contributed by atoms with Crippen molar-refractivity contribution < 1.29 is 19.1 Å². The molecule has 1 aromatic heterocycles. The number of aliphatic hydroxyl groups excluding tert-OH is 1. The number of halogens is 1. The Bertz CT molecular complexity index is 1010. The highest BCUT2D eigenvalue weighted by Crippen LogP contribution is 2.34. The number of benzene rings is 1. The van der Waals surface area contributed by atoms with Crippen molar-refractivity contribution in [1.82, 2.24) is 15.2 Å². The molecule has 1 unspecified atom stereocenters. The van der Waals surface area contributed by atoms with Crippen molar-refractivity contribution in [1.29, 1.82) is 0 Å². The van der Waals surface area contributed by atoms with E-state index in [0.717, 1.165) is 0 Å². The molecule has 1 aromatic carbocycles. The fraction of sp³-hybridized carbons (Fsp3) is 0.364. The smallest absolute Gasteiger partial charge is 0.256 e. The Morgan fingerprint density at radius 3 is 2.77 bits per heavy atom. The van der Waals surface area contributed by atoms with Crippen LogP contribution in [0.25, 0.3) is 11.6 Å². The minimum absolute atomic E-state index is 0.227. The number of amides is 2. The number of anilines is 1. The molecule has 4 N–H and O–H groups in total. The molecule has 0 aliphatic carbocycles. The van der Waals surface area contributed by atoms with Gasteiger partial charge in [0, 0.05) is 35.7 Å². The molecule has 30 heavy (non-hydrogen) atoms. The van der Waals surface area contributed by atoms with Crippen LogP contribution in [0, 0.1) is 19.7 Å². The Balaban J connectivity index is 1.81. The van der Waals surface area contributed by atoms with Gasteiger partial charge in [-0.3, -0.25) is 14.5 Å². The number of aryl methyl sites for hydroxylation is 1. The zero-order valence-electron chi connectivity index (χ0n) is 17.6. The molecule has 1 aliphatic rings. The van der Waals surface area contributed by atoms with Crippen molar-refractivity contribution in [2.75, 3.05) is 25.0 Å². The maximum Gasteiger partial charge on any atom is 0.256 e. The van der Waals surface area contributed by atoms with Gasteiger partial charge in [-0.1, -0.05) is 6.92 Å². The van der Waals surface area contributed by atoms with Gasteiger partial charge in [0.15, 0.2) is 0 Å². The third kappa shape index (κ3) is 4.29. The molecule has 160 valence electrons. The summed E-state index contributed by atoms with van der Waals surface area (Å²) in [5, 5.41) is 15.3. The van der Waals surface area contributed by atoms with Crippen LogP contribution in [0.2, 0.25) is 0 Å². The van der Waals surface area contributed by atoms with Crippen molar-refractivity contribution in [2.24, 2.45) is 0 Å². The monoisotopic (exact) mass is 414 g/mol. The van der Waals surface area contributed by atoms with Crippen LogP contribution in [0.1, 0.15) is 46.7 Å². The third-order valence-corrected chi connectivity index (χ3v) is 5.38. The molecule has 0 spiro atoms. The number of carbonyl (C=O) groups excluding carboxylic acids is 2. The summed E-state index contributed by atoms with van der Waals surface area (Å²) >= 11 is 0. The molecule has 7 nitrogen and oxygen atoms in total. The van der Waals surface area contributed by atoms with Gasteiger partial charge in [-0.25, -0.2) is 4.39 Å². The van der Waals surface area contributed by atoms with Crippen LogP contribution in [0.4, 0.5) is 10.1 Å². The molecule has 0 bridgehead atoms. The number of rotatable bonds is 7. The summed E-state index contributed by atoms with van der Waals surface area (Å²) in [6, 6.07) is 4.15. The number of H-pyrrole nitrogens is 1. The number of likely N-dealkylation sites (N-methyl/N-ethyl adjacent to an activating group) is 1. The number of nitrogens with one attached hydrogen (secondary N) is 3. The average molecular weight is 414 g/mol. The number of carbonyl (C=O) groups is 2. The summed E-state index contributed by atoms with van der Waals surface area (Å²) in [7, 11) is 0. The lowest BCUT2D eigenvalue weighted by Gasteiger charge is -2.23. The van der Waals surface area contributed by atoms with E-state index in [1.807, 2.05) is 11.8 Å². The fourth-order valence-corrected chi connectivity index (χ4v) is 3.72. The SMILES string of the molecule is CCN(CCNC(=O)c1c(C)[nH]c(/C=C2\C(=O)Nc3ccc(F)cc32)c1C)C(C)O. The number of nitrogens with zero attached hydrogens (tertiary/aromatic N) is 1. The van der Waals surface area contributed by atoms with Crippen LogP contribution >= 0.6 is 0 Å². The van der Waals surface area contributed by atoms with Gasteiger partial charge in [0.1, 0.15) is 12.0 Å². The first kappa shape index (κ1) is 21.7. The average Bonchev–Trinajstić information content (AvgIpc) is 3.14. The van der Waals surface area contributed by atoms with Crippen molar-refractivity contribution in [2.45, 2.75) is 33.9 Å². The van der Waals surface area contributed by atoms with Gasteiger partial charge in [-0.05, 0) is 57.2 Å². The number of aromatic amines is 1. The molecule has 0 fully saturated rings. The van der Waals surface area contributed by atoms with E-state index in [1.165, 1.54) is 18.2 Å². The first-order chi connectivity index (χ1) is 14.2. The van der Waals surface area contributed by atoms with Gasteiger partial charge in [0.2, 0.25) is 0 Å². The van der Waals surface area contributed by atoms with Crippen LogP contribution in [0.15, 0.2) is 18.2 Å². The lowest BCUT2D eigenvalue weighted by molar-refractivity contribution is -0.110. The van der Waals surface area contributed by atoms with E-state index < -0.39 is 12.0 Å². The highest BCUT2D eigenvalue weighted by molar-refractivity contribution is 6.34. The Hall–Kier alpha value is -2.97. The molecule has 3 rings (SSSR count). The number of fused-ring (bicyclic) bond motifs is 1. The predicted molar refractivity (Wildman–Crippen MR) is 114 cm³/mol.